The Labute approximate surface area is 162 Å². The quantitative estimate of drug-likeness (QED) is 0.488. The van der Waals surface area contributed by atoms with Crippen LogP contribution >= 0.6 is 11.3 Å². The maximum Gasteiger partial charge on any atom is 0.234 e. The molecule has 0 radical (unpaired) electrons. The Bertz CT molecular complexity index is 1060. The molecule has 27 heavy (non-hydrogen) atoms. The second-order valence-electron chi connectivity index (χ2n) is 6.15. The predicted molar refractivity (Wildman–Crippen MR) is 109 cm³/mol. The highest BCUT2D eigenvalue weighted by atomic mass is 32.1. The number of fused-ring (bicyclic) bond motifs is 1. The van der Waals surface area contributed by atoms with Crippen LogP contribution in [0.5, 0.6) is 5.75 Å². The Morgan fingerprint density at radius 3 is 2.48 bits per heavy atom. The second-order valence-corrected chi connectivity index (χ2v) is 7.14. The van der Waals surface area contributed by atoms with Gasteiger partial charge in [-0.3, -0.25) is 0 Å². The molecule has 2 aromatic carbocycles. The molecule has 0 unspecified atom stereocenters. The maximum atomic E-state index is 5.29. The van der Waals surface area contributed by atoms with Gasteiger partial charge in [0.2, 0.25) is 4.96 Å². The van der Waals surface area contributed by atoms with Crippen molar-refractivity contribution in [1.29, 1.82) is 0 Å². The molecule has 0 aliphatic rings. The largest absolute Gasteiger partial charge is 0.497 e. The maximum absolute atomic E-state index is 5.29. The fraction of sp³-hybridized carbons (Fsp3) is 0.190. The summed E-state index contributed by atoms with van der Waals surface area (Å²) in [6.07, 6.45) is 4.01. The molecule has 4 rings (SSSR count). The minimum Gasteiger partial charge on any atom is -0.497 e. The average Bonchev–Trinajstić information content (AvgIpc) is 3.28. The summed E-state index contributed by atoms with van der Waals surface area (Å²) in [4.78, 5) is 0.826. The Morgan fingerprint density at radius 1 is 1.04 bits per heavy atom. The number of nitrogens with zero attached hydrogens (tertiary/aromatic N) is 4. The van der Waals surface area contributed by atoms with Gasteiger partial charge >= 0.3 is 0 Å². The molecule has 0 saturated heterocycles. The highest BCUT2D eigenvalue weighted by Gasteiger charge is 2.12. The van der Waals surface area contributed by atoms with Crippen molar-refractivity contribution in [3.05, 3.63) is 76.6 Å². The van der Waals surface area contributed by atoms with Crippen LogP contribution in [-0.4, -0.2) is 26.9 Å². The Balaban J connectivity index is 1.80. The first-order valence-corrected chi connectivity index (χ1v) is 9.73. The zero-order valence-corrected chi connectivity index (χ0v) is 16.1. The van der Waals surface area contributed by atoms with Gasteiger partial charge in [0.15, 0.2) is 5.82 Å². The molecule has 0 saturated carbocycles. The van der Waals surface area contributed by atoms with Gasteiger partial charge in [-0.05, 0) is 41.3 Å². The van der Waals surface area contributed by atoms with Gasteiger partial charge in [0.25, 0.3) is 0 Å². The van der Waals surface area contributed by atoms with E-state index < -0.39 is 0 Å². The Hall–Kier alpha value is -2.99. The molecule has 4 aromatic rings. The fourth-order valence-electron chi connectivity index (χ4n) is 2.96. The zero-order valence-electron chi connectivity index (χ0n) is 15.3. The summed E-state index contributed by atoms with van der Waals surface area (Å²) in [6, 6.07) is 18.4. The molecule has 0 bridgehead atoms. The normalized spacial score (nSPS) is 11.9. The Kier molecular flexibility index (Phi) is 4.98. The van der Waals surface area contributed by atoms with Crippen LogP contribution < -0.4 is 4.74 Å². The molecule has 136 valence electrons. The minimum absolute atomic E-state index is 0.826. The number of methoxy groups -OCH3 is 1. The smallest absolute Gasteiger partial charge is 0.234 e. The Morgan fingerprint density at radius 2 is 1.78 bits per heavy atom. The number of hydrogen-bond donors (Lipinski definition) is 0. The molecule has 0 spiro atoms. The fourth-order valence-corrected chi connectivity index (χ4v) is 3.76. The van der Waals surface area contributed by atoms with E-state index in [2.05, 4.69) is 47.5 Å². The van der Waals surface area contributed by atoms with Crippen molar-refractivity contribution in [2.45, 2.75) is 19.8 Å². The van der Waals surface area contributed by atoms with Crippen molar-refractivity contribution in [2.24, 2.45) is 0 Å². The summed E-state index contributed by atoms with van der Waals surface area (Å²) >= 11 is 1.55. The lowest BCUT2D eigenvalue weighted by molar-refractivity contribution is 0.415. The van der Waals surface area contributed by atoms with Crippen LogP contribution in [0.15, 0.2) is 54.6 Å². The number of rotatable bonds is 6. The monoisotopic (exact) mass is 376 g/mol. The summed E-state index contributed by atoms with van der Waals surface area (Å²) in [5, 5.41) is 14.1. The summed E-state index contributed by atoms with van der Waals surface area (Å²) in [7, 11) is 1.68. The average molecular weight is 376 g/mol. The van der Waals surface area contributed by atoms with Gasteiger partial charge in [0.05, 0.1) is 7.11 Å². The number of ether oxygens (including phenoxy) is 1. The van der Waals surface area contributed by atoms with E-state index in [1.54, 1.807) is 18.4 Å². The summed E-state index contributed by atoms with van der Waals surface area (Å²) < 4.78 is 7.15. The van der Waals surface area contributed by atoms with Gasteiger partial charge < -0.3 is 4.74 Å². The third-order valence-corrected chi connectivity index (χ3v) is 5.14. The number of aryl methyl sites for hydroxylation is 1. The summed E-state index contributed by atoms with van der Waals surface area (Å²) in [5.41, 5.74) is 3.37. The van der Waals surface area contributed by atoms with Gasteiger partial charge in [0.1, 0.15) is 10.8 Å². The van der Waals surface area contributed by atoms with Crippen molar-refractivity contribution in [3.8, 4) is 5.75 Å². The number of hydrogen-bond acceptors (Lipinski definition) is 5. The first kappa shape index (κ1) is 17.4. The van der Waals surface area contributed by atoms with E-state index in [0.717, 1.165) is 51.1 Å². The SMILES string of the molecule is CCCc1nnc2sc(/C=C(\c3ccccc3)c3ccc(OC)cc3)nn12. The number of benzene rings is 2. The van der Waals surface area contributed by atoms with Gasteiger partial charge in [-0.1, -0.05) is 60.7 Å². The second kappa shape index (κ2) is 7.72. The van der Waals surface area contributed by atoms with Crippen LogP contribution in [0.3, 0.4) is 0 Å². The van der Waals surface area contributed by atoms with Crippen LogP contribution in [0.2, 0.25) is 0 Å². The molecule has 0 fully saturated rings. The molecule has 0 atom stereocenters. The van der Waals surface area contributed by atoms with Crippen LogP contribution in [0, 0.1) is 0 Å². The van der Waals surface area contributed by atoms with E-state index in [1.807, 2.05) is 34.8 Å². The highest BCUT2D eigenvalue weighted by Crippen LogP contribution is 2.29. The van der Waals surface area contributed by atoms with E-state index in [1.165, 1.54) is 0 Å². The summed E-state index contributed by atoms with van der Waals surface area (Å²) in [5.74, 6) is 1.75. The van der Waals surface area contributed by atoms with E-state index in [9.17, 15) is 0 Å². The lowest BCUT2D eigenvalue weighted by atomic mass is 9.97. The predicted octanol–water partition coefficient (Wildman–Crippen LogP) is 4.74. The van der Waals surface area contributed by atoms with Crippen molar-refractivity contribution in [2.75, 3.05) is 7.11 Å². The lowest BCUT2D eigenvalue weighted by Crippen LogP contribution is -1.95. The van der Waals surface area contributed by atoms with Crippen LogP contribution in [-0.2, 0) is 6.42 Å². The molecule has 5 nitrogen and oxygen atoms in total. The summed E-state index contributed by atoms with van der Waals surface area (Å²) in [6.45, 7) is 2.13. The van der Waals surface area contributed by atoms with E-state index >= 15 is 0 Å². The first-order valence-electron chi connectivity index (χ1n) is 8.91. The van der Waals surface area contributed by atoms with Crippen LogP contribution in [0.4, 0.5) is 0 Å². The molecular formula is C21H20N4OS. The molecule has 0 amide bonds. The topological polar surface area (TPSA) is 52.3 Å². The molecule has 0 aliphatic carbocycles. The van der Waals surface area contributed by atoms with Crippen LogP contribution in [0.1, 0.15) is 35.3 Å². The van der Waals surface area contributed by atoms with Crippen molar-refractivity contribution in [3.63, 3.8) is 0 Å². The molecule has 6 heteroatoms. The van der Waals surface area contributed by atoms with Gasteiger partial charge in [-0.25, -0.2) is 0 Å². The van der Waals surface area contributed by atoms with Crippen LogP contribution in [0.25, 0.3) is 16.6 Å². The third kappa shape index (κ3) is 3.61. The highest BCUT2D eigenvalue weighted by molar-refractivity contribution is 7.17. The first-order chi connectivity index (χ1) is 13.3. The van der Waals surface area contributed by atoms with Gasteiger partial charge in [-0.2, -0.15) is 9.61 Å². The standard InChI is InChI=1S/C21H20N4OS/c1-3-7-19-22-23-21-25(19)24-20(27-21)14-18(15-8-5-4-6-9-15)16-10-12-17(26-2)13-11-16/h4-6,8-14H,3,7H2,1-2H3/b18-14+. The number of aromatic nitrogens is 4. The van der Waals surface area contributed by atoms with Crippen molar-refractivity contribution >= 4 is 27.9 Å². The van der Waals surface area contributed by atoms with Crippen molar-refractivity contribution < 1.29 is 4.74 Å². The molecule has 0 aliphatic heterocycles. The lowest BCUT2D eigenvalue weighted by Gasteiger charge is -2.09. The van der Waals surface area contributed by atoms with E-state index in [0.29, 0.717) is 0 Å². The van der Waals surface area contributed by atoms with Gasteiger partial charge in [0, 0.05) is 6.42 Å². The minimum atomic E-state index is 0.826. The van der Waals surface area contributed by atoms with E-state index in [-0.39, 0.29) is 0 Å². The molecule has 2 heterocycles. The van der Waals surface area contributed by atoms with E-state index in [4.69, 9.17) is 9.84 Å². The molecular weight excluding hydrogens is 356 g/mol. The third-order valence-electron chi connectivity index (χ3n) is 4.30. The molecule has 0 N–H and O–H groups in total. The molecule has 2 aromatic heterocycles. The zero-order chi connectivity index (χ0) is 18.6. The van der Waals surface area contributed by atoms with Crippen molar-refractivity contribution in [1.82, 2.24) is 19.8 Å². The van der Waals surface area contributed by atoms with Gasteiger partial charge in [-0.15, -0.1) is 10.2 Å².